The molecule has 0 bridgehead atoms. The maximum atomic E-state index is 10.2. The van der Waals surface area contributed by atoms with Crippen LogP contribution in [0.15, 0.2) is 24.3 Å². The highest BCUT2D eigenvalue weighted by Crippen LogP contribution is 2.20. The molecule has 2 atom stereocenters. The first kappa shape index (κ1) is 16.8. The van der Waals surface area contributed by atoms with Crippen LogP contribution in [0, 0.1) is 0 Å². The molecule has 4 heteroatoms. The van der Waals surface area contributed by atoms with Crippen molar-refractivity contribution in [1.82, 2.24) is 9.80 Å². The summed E-state index contributed by atoms with van der Waals surface area (Å²) in [5.74, 6) is 0. The van der Waals surface area contributed by atoms with Gasteiger partial charge in [0.2, 0.25) is 0 Å². The van der Waals surface area contributed by atoms with E-state index in [1.165, 1.54) is 6.42 Å². The van der Waals surface area contributed by atoms with E-state index in [0.717, 1.165) is 44.7 Å². The van der Waals surface area contributed by atoms with Gasteiger partial charge in [0.05, 0.1) is 6.10 Å². The normalized spacial score (nSPS) is 20.4. The summed E-state index contributed by atoms with van der Waals surface area (Å²) in [6.07, 6.45) is 1.61. The monoisotopic (exact) mass is 310 g/mol. The van der Waals surface area contributed by atoms with Crippen molar-refractivity contribution in [3.8, 4) is 0 Å². The molecule has 1 aliphatic heterocycles. The van der Waals surface area contributed by atoms with E-state index in [0.29, 0.717) is 11.1 Å². The van der Waals surface area contributed by atoms with Crippen LogP contribution in [0.1, 0.15) is 38.4 Å². The molecule has 1 aliphatic rings. The molecule has 1 aromatic rings. The van der Waals surface area contributed by atoms with Gasteiger partial charge in [-0.15, -0.1) is 0 Å². The fourth-order valence-electron chi connectivity index (χ4n) is 2.84. The molecule has 0 spiro atoms. The van der Waals surface area contributed by atoms with E-state index in [2.05, 4.69) is 23.6 Å². The van der Waals surface area contributed by atoms with Crippen molar-refractivity contribution in [2.45, 2.75) is 38.8 Å². The summed E-state index contributed by atoms with van der Waals surface area (Å²) in [5.41, 5.74) is 0.956. The summed E-state index contributed by atoms with van der Waals surface area (Å²) in [4.78, 5) is 5.02. The first-order valence-electron chi connectivity index (χ1n) is 8.00. The highest BCUT2D eigenvalue weighted by molar-refractivity contribution is 6.30. The molecule has 21 heavy (non-hydrogen) atoms. The van der Waals surface area contributed by atoms with E-state index < -0.39 is 6.10 Å². The highest BCUT2D eigenvalue weighted by Gasteiger charge is 2.20. The Balaban J connectivity index is 1.73. The van der Waals surface area contributed by atoms with Gasteiger partial charge >= 0.3 is 0 Å². The molecule has 0 aromatic heterocycles. The van der Waals surface area contributed by atoms with E-state index in [1.54, 1.807) is 0 Å². The Morgan fingerprint density at radius 1 is 1.14 bits per heavy atom. The third kappa shape index (κ3) is 4.96. The van der Waals surface area contributed by atoms with Gasteiger partial charge in [-0.05, 0) is 37.5 Å². The van der Waals surface area contributed by atoms with Gasteiger partial charge in [0, 0.05) is 43.8 Å². The predicted octanol–water partition coefficient (Wildman–Crippen LogP) is 3.18. The molecule has 0 saturated carbocycles. The molecule has 0 aliphatic carbocycles. The van der Waals surface area contributed by atoms with Crippen molar-refractivity contribution in [3.05, 3.63) is 34.9 Å². The second-order valence-electron chi connectivity index (χ2n) is 5.99. The molecular formula is C17H27ClN2O. The summed E-state index contributed by atoms with van der Waals surface area (Å²) in [6.45, 7) is 10.0. The first-order chi connectivity index (χ1) is 10.1. The van der Waals surface area contributed by atoms with Crippen LogP contribution in [0.2, 0.25) is 5.02 Å². The lowest BCUT2D eigenvalue weighted by Gasteiger charge is -2.38. The van der Waals surface area contributed by atoms with Crippen molar-refractivity contribution in [1.29, 1.82) is 0 Å². The second-order valence-corrected chi connectivity index (χ2v) is 6.43. The summed E-state index contributed by atoms with van der Waals surface area (Å²) in [6, 6.07) is 8.18. The van der Waals surface area contributed by atoms with E-state index in [-0.39, 0.29) is 0 Å². The smallest absolute Gasteiger partial charge is 0.0802 e. The Bertz CT molecular complexity index is 415. The first-order valence-corrected chi connectivity index (χ1v) is 8.38. The van der Waals surface area contributed by atoms with Crippen molar-refractivity contribution in [2.24, 2.45) is 0 Å². The minimum atomic E-state index is -0.394. The summed E-state index contributed by atoms with van der Waals surface area (Å²) < 4.78 is 0. The maximum Gasteiger partial charge on any atom is 0.0802 e. The fourth-order valence-corrected chi connectivity index (χ4v) is 2.97. The molecule has 118 valence electrons. The average molecular weight is 311 g/mol. The molecule has 1 saturated heterocycles. The third-order valence-corrected chi connectivity index (χ3v) is 4.85. The zero-order valence-electron chi connectivity index (χ0n) is 13.1. The summed E-state index contributed by atoms with van der Waals surface area (Å²) >= 11 is 5.87. The molecule has 0 amide bonds. The van der Waals surface area contributed by atoms with Crippen molar-refractivity contribution in [2.75, 3.05) is 32.7 Å². The molecule has 1 aromatic carbocycles. The van der Waals surface area contributed by atoms with Gasteiger partial charge in [0.25, 0.3) is 0 Å². The van der Waals surface area contributed by atoms with E-state index >= 15 is 0 Å². The van der Waals surface area contributed by atoms with Gasteiger partial charge in [-0.3, -0.25) is 4.90 Å². The Labute approximate surface area is 133 Å². The number of halogens is 1. The van der Waals surface area contributed by atoms with Gasteiger partial charge in [-0.25, -0.2) is 0 Å². The number of rotatable bonds is 6. The molecule has 2 unspecified atom stereocenters. The Morgan fingerprint density at radius 2 is 1.76 bits per heavy atom. The minimum Gasteiger partial charge on any atom is -0.388 e. The largest absolute Gasteiger partial charge is 0.388 e. The minimum absolute atomic E-state index is 0.394. The van der Waals surface area contributed by atoms with Crippen LogP contribution in [0.5, 0.6) is 0 Å². The molecule has 2 rings (SSSR count). The van der Waals surface area contributed by atoms with Crippen LogP contribution in [-0.2, 0) is 0 Å². The van der Waals surface area contributed by atoms with Crippen molar-refractivity contribution < 1.29 is 5.11 Å². The third-order valence-electron chi connectivity index (χ3n) is 4.59. The number of piperazine rings is 1. The van der Waals surface area contributed by atoms with Crippen LogP contribution in [0.4, 0.5) is 0 Å². The quantitative estimate of drug-likeness (QED) is 0.874. The number of aliphatic hydroxyl groups is 1. The van der Waals surface area contributed by atoms with E-state index in [1.807, 2.05) is 24.3 Å². The Morgan fingerprint density at radius 3 is 2.33 bits per heavy atom. The number of hydrogen-bond donors (Lipinski definition) is 1. The van der Waals surface area contributed by atoms with Gasteiger partial charge in [0.1, 0.15) is 0 Å². The molecule has 3 nitrogen and oxygen atoms in total. The number of benzene rings is 1. The number of hydrogen-bond acceptors (Lipinski definition) is 3. The lowest BCUT2D eigenvalue weighted by Crippen LogP contribution is -2.49. The number of aliphatic hydroxyl groups excluding tert-OH is 1. The van der Waals surface area contributed by atoms with Gasteiger partial charge in [-0.1, -0.05) is 30.7 Å². The molecule has 0 radical (unpaired) electrons. The summed E-state index contributed by atoms with van der Waals surface area (Å²) in [5, 5.41) is 11.0. The SMILES string of the molecule is CCC(C)N1CCN(CCC(O)c2ccc(Cl)cc2)CC1. The Kier molecular flexibility index (Phi) is 6.49. The Hall–Kier alpha value is -0.610. The molecule has 1 N–H and O–H groups in total. The molecule has 1 fully saturated rings. The summed E-state index contributed by atoms with van der Waals surface area (Å²) in [7, 11) is 0. The van der Waals surface area contributed by atoms with Gasteiger partial charge < -0.3 is 10.0 Å². The van der Waals surface area contributed by atoms with Crippen LogP contribution < -0.4 is 0 Å². The standard InChI is InChI=1S/C17H27ClN2O/c1-3-14(2)20-12-10-19(11-13-20)9-8-17(21)15-4-6-16(18)7-5-15/h4-7,14,17,21H,3,8-13H2,1-2H3. The fraction of sp³-hybridized carbons (Fsp3) is 0.647. The van der Waals surface area contributed by atoms with Gasteiger partial charge in [-0.2, -0.15) is 0 Å². The predicted molar refractivity (Wildman–Crippen MR) is 88.8 cm³/mol. The maximum absolute atomic E-state index is 10.2. The highest BCUT2D eigenvalue weighted by atomic mass is 35.5. The molecular weight excluding hydrogens is 284 g/mol. The van der Waals surface area contributed by atoms with E-state index in [9.17, 15) is 5.11 Å². The van der Waals surface area contributed by atoms with Crippen molar-refractivity contribution >= 4 is 11.6 Å². The lowest BCUT2D eigenvalue weighted by molar-refractivity contribution is 0.0830. The van der Waals surface area contributed by atoms with Crippen LogP contribution in [0.25, 0.3) is 0 Å². The van der Waals surface area contributed by atoms with Gasteiger partial charge in [0.15, 0.2) is 0 Å². The topological polar surface area (TPSA) is 26.7 Å². The van der Waals surface area contributed by atoms with Crippen LogP contribution >= 0.6 is 11.6 Å². The average Bonchev–Trinajstić information content (AvgIpc) is 2.53. The second kappa shape index (κ2) is 8.14. The van der Waals surface area contributed by atoms with Crippen molar-refractivity contribution in [3.63, 3.8) is 0 Å². The zero-order chi connectivity index (χ0) is 15.2. The van der Waals surface area contributed by atoms with Crippen LogP contribution in [-0.4, -0.2) is 53.7 Å². The molecule has 1 heterocycles. The zero-order valence-corrected chi connectivity index (χ0v) is 13.9. The van der Waals surface area contributed by atoms with Crippen LogP contribution in [0.3, 0.4) is 0 Å². The number of nitrogens with zero attached hydrogens (tertiary/aromatic N) is 2. The lowest BCUT2D eigenvalue weighted by atomic mass is 10.1. The van der Waals surface area contributed by atoms with E-state index in [4.69, 9.17) is 11.6 Å².